The first-order chi connectivity index (χ1) is 13.4. The van der Waals surface area contributed by atoms with E-state index in [4.69, 9.17) is 0 Å². The normalized spacial score (nSPS) is 20.8. The van der Waals surface area contributed by atoms with Crippen LogP contribution in [0.4, 0.5) is 0 Å². The van der Waals surface area contributed by atoms with E-state index in [1.54, 1.807) is 11.3 Å². The summed E-state index contributed by atoms with van der Waals surface area (Å²) in [6.45, 7) is 11.5. The van der Waals surface area contributed by atoms with Gasteiger partial charge in [-0.3, -0.25) is 14.7 Å². The fourth-order valence-electron chi connectivity index (χ4n) is 4.38. The minimum Gasteiger partial charge on any atom is -0.335 e. The predicted octanol–water partition coefficient (Wildman–Crippen LogP) is 4.25. The van der Waals surface area contributed by atoms with E-state index in [2.05, 4.69) is 48.9 Å². The van der Waals surface area contributed by atoms with E-state index in [-0.39, 0.29) is 5.91 Å². The Balaban J connectivity index is 1.35. The number of nitrogens with zero attached hydrogens (tertiary/aromatic N) is 3. The molecular weight excluding hydrogens is 366 g/mol. The van der Waals surface area contributed by atoms with E-state index in [0.29, 0.717) is 11.3 Å². The molecule has 2 aromatic rings. The second-order valence-corrected chi connectivity index (χ2v) is 10.4. The third kappa shape index (κ3) is 4.31. The number of pyridine rings is 1. The molecule has 150 valence electrons. The maximum Gasteiger partial charge on any atom is 0.264 e. The number of carbonyl (C=O) groups excluding carboxylic acids is 1. The highest BCUT2D eigenvalue weighted by molar-refractivity contribution is 7.14. The summed E-state index contributed by atoms with van der Waals surface area (Å²) in [5.74, 6) is 0.949. The molecule has 1 unspecified atom stereocenters. The van der Waals surface area contributed by atoms with Crippen molar-refractivity contribution in [3.63, 3.8) is 0 Å². The third-order valence-corrected chi connectivity index (χ3v) is 7.56. The number of fused-ring (bicyclic) bond motifs is 1. The maximum atomic E-state index is 13.1. The van der Waals surface area contributed by atoms with E-state index in [0.717, 1.165) is 50.4 Å². The Morgan fingerprint density at radius 2 is 1.89 bits per heavy atom. The van der Waals surface area contributed by atoms with Crippen molar-refractivity contribution >= 4 is 17.2 Å². The first kappa shape index (κ1) is 19.6. The van der Waals surface area contributed by atoms with Crippen LogP contribution in [0.25, 0.3) is 0 Å². The summed E-state index contributed by atoms with van der Waals surface area (Å²) in [7, 11) is 0. The van der Waals surface area contributed by atoms with Gasteiger partial charge < -0.3 is 4.90 Å². The summed E-state index contributed by atoms with van der Waals surface area (Å²) in [5, 5.41) is 0. The fraction of sp³-hybridized carbons (Fsp3) is 0.565. The van der Waals surface area contributed by atoms with Crippen molar-refractivity contribution in [2.75, 3.05) is 26.2 Å². The Kier molecular flexibility index (Phi) is 5.57. The molecule has 0 spiro atoms. The molecule has 1 amide bonds. The minimum atomic E-state index is 0.232. The summed E-state index contributed by atoms with van der Waals surface area (Å²) in [6, 6.07) is 6.33. The number of hydrogen-bond acceptors (Lipinski definition) is 4. The number of aryl methyl sites for hydroxylation is 1. The van der Waals surface area contributed by atoms with Crippen molar-refractivity contribution in [3.05, 3.63) is 51.5 Å². The second-order valence-electron chi connectivity index (χ2n) is 9.29. The Morgan fingerprint density at radius 1 is 1.18 bits per heavy atom. The summed E-state index contributed by atoms with van der Waals surface area (Å²) >= 11 is 1.74. The van der Waals surface area contributed by atoms with Crippen molar-refractivity contribution < 1.29 is 4.79 Å². The molecule has 3 heterocycles. The second kappa shape index (κ2) is 7.96. The zero-order valence-electron chi connectivity index (χ0n) is 17.3. The molecule has 0 N–H and O–H groups in total. The van der Waals surface area contributed by atoms with Crippen LogP contribution in [0.3, 0.4) is 0 Å². The van der Waals surface area contributed by atoms with Crippen molar-refractivity contribution in [3.8, 4) is 0 Å². The van der Waals surface area contributed by atoms with Crippen LogP contribution in [0.1, 0.15) is 52.9 Å². The van der Waals surface area contributed by atoms with Crippen LogP contribution >= 0.6 is 11.3 Å². The molecule has 0 saturated carbocycles. The highest BCUT2D eigenvalue weighted by Crippen LogP contribution is 2.40. The smallest absolute Gasteiger partial charge is 0.264 e. The highest BCUT2D eigenvalue weighted by atomic mass is 32.1. The molecule has 4 rings (SSSR count). The van der Waals surface area contributed by atoms with Gasteiger partial charge in [0.25, 0.3) is 5.91 Å². The van der Waals surface area contributed by atoms with Gasteiger partial charge in [0.1, 0.15) is 0 Å². The maximum absolute atomic E-state index is 13.1. The summed E-state index contributed by atoms with van der Waals surface area (Å²) in [5.41, 5.74) is 3.06. The SMILES string of the molecule is CC(C)(C)C1CCc2sc(C(=O)N3CCN(Cc4ccncc4)CC3)cc2C1. The minimum absolute atomic E-state index is 0.232. The highest BCUT2D eigenvalue weighted by Gasteiger charge is 2.31. The summed E-state index contributed by atoms with van der Waals surface area (Å²) in [4.78, 5) is 24.0. The molecule has 1 atom stereocenters. The Hall–Kier alpha value is -1.72. The van der Waals surface area contributed by atoms with Gasteiger partial charge in [-0.2, -0.15) is 0 Å². The van der Waals surface area contributed by atoms with Gasteiger partial charge in [0.15, 0.2) is 0 Å². The van der Waals surface area contributed by atoms with Gasteiger partial charge >= 0.3 is 0 Å². The van der Waals surface area contributed by atoms with E-state index < -0.39 is 0 Å². The number of aromatic nitrogens is 1. The van der Waals surface area contributed by atoms with Crippen LogP contribution < -0.4 is 0 Å². The number of amides is 1. The van der Waals surface area contributed by atoms with Crippen LogP contribution in [0.15, 0.2) is 30.6 Å². The molecule has 0 aromatic carbocycles. The molecule has 5 heteroatoms. The van der Waals surface area contributed by atoms with Crippen molar-refractivity contribution in [1.29, 1.82) is 0 Å². The standard InChI is InChI=1S/C23H31N3OS/c1-23(2,3)19-4-5-20-18(14-19)15-21(28-20)22(27)26-12-10-25(11-13-26)16-17-6-8-24-9-7-17/h6-9,15,19H,4-5,10-14,16H2,1-3H3. The van der Waals surface area contributed by atoms with Crippen molar-refractivity contribution in [1.82, 2.24) is 14.8 Å². The Morgan fingerprint density at radius 3 is 2.57 bits per heavy atom. The lowest BCUT2D eigenvalue weighted by atomic mass is 9.72. The average molecular weight is 398 g/mol. The van der Waals surface area contributed by atoms with Gasteiger partial charge in [0.05, 0.1) is 4.88 Å². The van der Waals surface area contributed by atoms with Crippen molar-refractivity contribution in [2.24, 2.45) is 11.3 Å². The van der Waals surface area contributed by atoms with E-state index in [9.17, 15) is 4.79 Å². The molecule has 1 aliphatic heterocycles. The van der Waals surface area contributed by atoms with Crippen LogP contribution in [0, 0.1) is 11.3 Å². The Labute approximate surface area is 172 Å². The molecular formula is C23H31N3OS. The summed E-state index contributed by atoms with van der Waals surface area (Å²) in [6.07, 6.45) is 7.20. The first-order valence-corrected chi connectivity index (χ1v) is 11.2. The van der Waals surface area contributed by atoms with Gasteiger partial charge in [-0.25, -0.2) is 0 Å². The lowest BCUT2D eigenvalue weighted by molar-refractivity contribution is 0.0633. The van der Waals surface area contributed by atoms with Gasteiger partial charge in [0, 0.05) is 50.0 Å². The lowest BCUT2D eigenvalue weighted by Crippen LogP contribution is -2.48. The van der Waals surface area contributed by atoms with Crippen LogP contribution in [-0.4, -0.2) is 46.9 Å². The van der Waals surface area contributed by atoms with Gasteiger partial charge in [-0.15, -0.1) is 11.3 Å². The number of rotatable bonds is 3. The molecule has 1 aliphatic carbocycles. The predicted molar refractivity (Wildman–Crippen MR) is 115 cm³/mol. The Bertz CT molecular complexity index is 816. The van der Waals surface area contributed by atoms with Gasteiger partial charge in [-0.05, 0) is 59.9 Å². The molecule has 4 nitrogen and oxygen atoms in total. The molecule has 0 radical (unpaired) electrons. The molecule has 1 fully saturated rings. The largest absolute Gasteiger partial charge is 0.335 e. The topological polar surface area (TPSA) is 36.4 Å². The zero-order chi connectivity index (χ0) is 19.7. The molecule has 2 aliphatic rings. The van der Waals surface area contributed by atoms with Gasteiger partial charge in [-0.1, -0.05) is 20.8 Å². The molecule has 1 saturated heterocycles. The molecule has 28 heavy (non-hydrogen) atoms. The van der Waals surface area contributed by atoms with E-state index in [1.807, 2.05) is 17.3 Å². The lowest BCUT2D eigenvalue weighted by Gasteiger charge is -2.34. The van der Waals surface area contributed by atoms with Crippen LogP contribution in [0.2, 0.25) is 0 Å². The summed E-state index contributed by atoms with van der Waals surface area (Å²) < 4.78 is 0. The monoisotopic (exact) mass is 397 g/mol. The third-order valence-electron chi connectivity index (χ3n) is 6.33. The number of piperazine rings is 1. The quantitative estimate of drug-likeness (QED) is 0.777. The average Bonchev–Trinajstić information content (AvgIpc) is 3.11. The number of carbonyl (C=O) groups is 1. The zero-order valence-corrected chi connectivity index (χ0v) is 18.1. The van der Waals surface area contributed by atoms with Crippen molar-refractivity contribution in [2.45, 2.75) is 46.6 Å². The molecule has 0 bridgehead atoms. The number of thiophene rings is 1. The fourth-order valence-corrected chi connectivity index (χ4v) is 5.56. The van der Waals surface area contributed by atoms with E-state index >= 15 is 0 Å². The van der Waals surface area contributed by atoms with Crippen LogP contribution in [0.5, 0.6) is 0 Å². The first-order valence-electron chi connectivity index (χ1n) is 10.4. The van der Waals surface area contributed by atoms with E-state index in [1.165, 1.54) is 22.4 Å². The number of hydrogen-bond donors (Lipinski definition) is 0. The van der Waals surface area contributed by atoms with Crippen LogP contribution in [-0.2, 0) is 19.4 Å². The van der Waals surface area contributed by atoms with Gasteiger partial charge in [0.2, 0.25) is 0 Å². The molecule has 2 aromatic heterocycles.